The molecule has 0 radical (unpaired) electrons. The summed E-state index contributed by atoms with van der Waals surface area (Å²) < 4.78 is 4.35. The number of rotatable bonds is 3. The molecule has 2 N–H and O–H groups in total. The van der Waals surface area contributed by atoms with Crippen LogP contribution in [0.1, 0.15) is 12.7 Å². The topological polar surface area (TPSA) is 71.2 Å². The van der Waals surface area contributed by atoms with Crippen molar-refractivity contribution < 1.29 is 0 Å². The van der Waals surface area contributed by atoms with Gasteiger partial charge in [0, 0.05) is 50.3 Å². The first-order valence-electron chi connectivity index (χ1n) is 6.80. The van der Waals surface area contributed by atoms with Crippen LogP contribution >= 0.6 is 11.5 Å². The van der Waals surface area contributed by atoms with E-state index in [0.717, 1.165) is 54.9 Å². The van der Waals surface area contributed by atoms with E-state index in [4.69, 9.17) is 5.73 Å². The maximum absolute atomic E-state index is 5.98. The minimum atomic E-state index is 0.741. The van der Waals surface area contributed by atoms with Gasteiger partial charge in [0.15, 0.2) is 0 Å². The van der Waals surface area contributed by atoms with Gasteiger partial charge in [-0.1, -0.05) is 6.92 Å². The minimum absolute atomic E-state index is 0.741. The number of nitrogens with zero attached hydrogens (tertiary/aromatic N) is 5. The molecular weight excluding hydrogens is 272 g/mol. The van der Waals surface area contributed by atoms with E-state index in [-0.39, 0.29) is 0 Å². The Hall–Kier alpha value is -1.89. The number of nitrogen functional groups attached to an aromatic ring is 1. The first kappa shape index (κ1) is 13.1. The summed E-state index contributed by atoms with van der Waals surface area (Å²) in [4.78, 5) is 13.2. The molecule has 0 bridgehead atoms. The average molecular weight is 290 g/mol. The Balaban J connectivity index is 1.66. The molecule has 1 saturated heterocycles. The zero-order valence-corrected chi connectivity index (χ0v) is 12.3. The van der Waals surface area contributed by atoms with Crippen molar-refractivity contribution in [2.75, 3.05) is 41.7 Å². The quantitative estimate of drug-likeness (QED) is 0.921. The van der Waals surface area contributed by atoms with Crippen LogP contribution < -0.4 is 15.5 Å². The lowest BCUT2D eigenvalue weighted by molar-refractivity contribution is 0.651. The molecule has 106 valence electrons. The zero-order valence-electron chi connectivity index (χ0n) is 11.5. The molecule has 7 heteroatoms. The van der Waals surface area contributed by atoms with E-state index in [9.17, 15) is 0 Å². The third-order valence-electron chi connectivity index (χ3n) is 3.49. The lowest BCUT2D eigenvalue weighted by Crippen LogP contribution is -2.46. The normalized spacial score (nSPS) is 15.7. The van der Waals surface area contributed by atoms with Crippen molar-refractivity contribution in [3.63, 3.8) is 0 Å². The second-order valence-corrected chi connectivity index (χ2v) is 5.49. The van der Waals surface area contributed by atoms with Crippen LogP contribution in [0, 0.1) is 0 Å². The highest BCUT2D eigenvalue weighted by Crippen LogP contribution is 2.25. The molecule has 0 atom stereocenters. The van der Waals surface area contributed by atoms with Crippen LogP contribution in [0.2, 0.25) is 0 Å². The van der Waals surface area contributed by atoms with Gasteiger partial charge in [0.05, 0.1) is 17.6 Å². The first-order chi connectivity index (χ1) is 9.78. The van der Waals surface area contributed by atoms with E-state index in [1.807, 2.05) is 6.07 Å². The smallest absolute Gasteiger partial charge is 0.205 e. The van der Waals surface area contributed by atoms with Crippen LogP contribution in [-0.4, -0.2) is 40.5 Å². The molecular formula is C13H18N6S. The van der Waals surface area contributed by atoms with Gasteiger partial charge in [0.1, 0.15) is 5.82 Å². The van der Waals surface area contributed by atoms with E-state index in [1.165, 1.54) is 11.5 Å². The van der Waals surface area contributed by atoms with E-state index in [2.05, 4.69) is 31.1 Å². The monoisotopic (exact) mass is 290 g/mol. The minimum Gasteiger partial charge on any atom is -0.396 e. The Morgan fingerprint density at radius 3 is 2.65 bits per heavy atom. The molecule has 3 rings (SSSR count). The van der Waals surface area contributed by atoms with Gasteiger partial charge in [-0.05, 0) is 6.07 Å². The second kappa shape index (κ2) is 5.62. The summed E-state index contributed by atoms with van der Waals surface area (Å²) in [5.41, 5.74) is 7.80. The summed E-state index contributed by atoms with van der Waals surface area (Å²) in [7, 11) is 0. The van der Waals surface area contributed by atoms with Gasteiger partial charge in [0.2, 0.25) is 5.13 Å². The SMILES string of the molecule is CCc1nsc(N2CCN(c3ccncc3N)CC2)n1. The fourth-order valence-corrected chi connectivity index (χ4v) is 3.14. The molecule has 2 aromatic rings. The summed E-state index contributed by atoms with van der Waals surface area (Å²) in [5, 5.41) is 1.03. The highest BCUT2D eigenvalue weighted by Gasteiger charge is 2.21. The van der Waals surface area contributed by atoms with Crippen molar-refractivity contribution in [3.8, 4) is 0 Å². The highest BCUT2D eigenvalue weighted by atomic mass is 32.1. The molecule has 20 heavy (non-hydrogen) atoms. The third kappa shape index (κ3) is 2.53. The number of aromatic nitrogens is 3. The molecule has 0 aromatic carbocycles. The van der Waals surface area contributed by atoms with Gasteiger partial charge in [-0.2, -0.15) is 4.37 Å². The van der Waals surface area contributed by atoms with E-state index in [0.29, 0.717) is 0 Å². The number of hydrogen-bond acceptors (Lipinski definition) is 7. The van der Waals surface area contributed by atoms with E-state index < -0.39 is 0 Å². The van der Waals surface area contributed by atoms with Gasteiger partial charge in [0.25, 0.3) is 0 Å². The fourth-order valence-electron chi connectivity index (χ4n) is 2.34. The van der Waals surface area contributed by atoms with Crippen LogP contribution in [0.3, 0.4) is 0 Å². The molecule has 1 aliphatic heterocycles. The molecule has 0 amide bonds. The molecule has 0 saturated carbocycles. The number of nitrogens with two attached hydrogens (primary N) is 1. The van der Waals surface area contributed by atoms with Crippen molar-refractivity contribution in [2.45, 2.75) is 13.3 Å². The van der Waals surface area contributed by atoms with Crippen molar-refractivity contribution in [1.82, 2.24) is 14.3 Å². The third-order valence-corrected chi connectivity index (χ3v) is 4.31. The summed E-state index contributed by atoms with van der Waals surface area (Å²) in [6, 6.07) is 1.98. The van der Waals surface area contributed by atoms with Crippen LogP contribution in [-0.2, 0) is 6.42 Å². The Labute approximate surface area is 122 Å². The largest absolute Gasteiger partial charge is 0.396 e. The lowest BCUT2D eigenvalue weighted by atomic mass is 10.2. The first-order valence-corrected chi connectivity index (χ1v) is 7.57. The van der Waals surface area contributed by atoms with Gasteiger partial charge >= 0.3 is 0 Å². The molecule has 1 aliphatic rings. The Kier molecular flexibility index (Phi) is 3.68. The Bertz CT molecular complexity index is 576. The molecule has 3 heterocycles. The predicted octanol–water partition coefficient (Wildman–Crippen LogP) is 1.40. The standard InChI is InChI=1S/C13H18N6S/c1-2-12-16-13(20-17-12)19-7-5-18(6-8-19)11-3-4-15-9-10(11)14/h3-4,9H,2,5-8,14H2,1H3. The Morgan fingerprint density at radius 2 is 2.00 bits per heavy atom. The lowest BCUT2D eigenvalue weighted by Gasteiger charge is -2.36. The highest BCUT2D eigenvalue weighted by molar-refractivity contribution is 7.09. The van der Waals surface area contributed by atoms with Crippen LogP contribution in [0.25, 0.3) is 0 Å². The van der Waals surface area contributed by atoms with Gasteiger partial charge < -0.3 is 15.5 Å². The number of anilines is 3. The number of pyridine rings is 1. The van der Waals surface area contributed by atoms with Crippen molar-refractivity contribution in [2.24, 2.45) is 0 Å². The molecule has 1 fully saturated rings. The maximum atomic E-state index is 5.98. The second-order valence-electron chi connectivity index (χ2n) is 4.76. The number of hydrogen-bond donors (Lipinski definition) is 1. The number of piperazine rings is 1. The van der Waals surface area contributed by atoms with Gasteiger partial charge in [-0.15, -0.1) is 0 Å². The van der Waals surface area contributed by atoms with Crippen molar-refractivity contribution in [3.05, 3.63) is 24.3 Å². The zero-order chi connectivity index (χ0) is 13.9. The summed E-state index contributed by atoms with van der Waals surface area (Å²) in [6.45, 7) is 5.85. The Morgan fingerprint density at radius 1 is 1.25 bits per heavy atom. The summed E-state index contributed by atoms with van der Waals surface area (Å²) in [5.74, 6) is 0.936. The number of aryl methyl sites for hydroxylation is 1. The van der Waals surface area contributed by atoms with Crippen LogP contribution in [0.4, 0.5) is 16.5 Å². The molecule has 0 aliphatic carbocycles. The summed E-state index contributed by atoms with van der Waals surface area (Å²) >= 11 is 1.49. The molecule has 2 aromatic heterocycles. The van der Waals surface area contributed by atoms with E-state index >= 15 is 0 Å². The maximum Gasteiger partial charge on any atom is 0.205 e. The average Bonchev–Trinajstić information content (AvgIpc) is 2.97. The summed E-state index contributed by atoms with van der Waals surface area (Å²) in [6.07, 6.45) is 4.39. The van der Waals surface area contributed by atoms with Crippen molar-refractivity contribution in [1.29, 1.82) is 0 Å². The van der Waals surface area contributed by atoms with Crippen LogP contribution in [0.5, 0.6) is 0 Å². The van der Waals surface area contributed by atoms with Crippen molar-refractivity contribution >= 4 is 28.0 Å². The van der Waals surface area contributed by atoms with Gasteiger partial charge in [-0.25, -0.2) is 4.98 Å². The molecule has 0 unspecified atom stereocenters. The van der Waals surface area contributed by atoms with E-state index in [1.54, 1.807) is 12.4 Å². The van der Waals surface area contributed by atoms with Crippen LogP contribution in [0.15, 0.2) is 18.5 Å². The fraction of sp³-hybridized carbons (Fsp3) is 0.462. The molecule has 6 nitrogen and oxygen atoms in total. The molecule has 0 spiro atoms. The van der Waals surface area contributed by atoms with Gasteiger partial charge in [-0.3, -0.25) is 4.98 Å². The predicted molar refractivity (Wildman–Crippen MR) is 82.4 cm³/mol.